The van der Waals surface area contributed by atoms with E-state index in [1.165, 1.54) is 41.2 Å². The van der Waals surface area contributed by atoms with Crippen molar-refractivity contribution in [1.29, 1.82) is 0 Å². The number of piperidine rings is 1. The molecule has 110 valence electrons. The standard InChI is InChI=1S/C17H24INO/c18-15-5-3-4-14(12-15)13-8-10-19(11-9-13)16-6-1-2-7-17(16)20/h3-5,12-13,16-17,20H,1-2,6-11H2/t16-,17-/m0/s1. The van der Waals surface area contributed by atoms with Crippen LogP contribution in [0.1, 0.15) is 50.0 Å². The Morgan fingerprint density at radius 3 is 2.50 bits per heavy atom. The maximum absolute atomic E-state index is 10.2. The number of likely N-dealkylation sites (tertiary alicyclic amines) is 1. The Balaban J connectivity index is 1.59. The first-order chi connectivity index (χ1) is 9.74. The predicted octanol–water partition coefficient (Wildman–Crippen LogP) is 3.77. The molecule has 0 spiro atoms. The molecule has 0 amide bonds. The quantitative estimate of drug-likeness (QED) is 0.784. The van der Waals surface area contributed by atoms with E-state index in [4.69, 9.17) is 0 Å². The molecule has 1 N–H and O–H groups in total. The van der Waals surface area contributed by atoms with Crippen LogP contribution >= 0.6 is 22.6 Å². The van der Waals surface area contributed by atoms with E-state index in [0.29, 0.717) is 12.0 Å². The molecule has 2 nitrogen and oxygen atoms in total. The van der Waals surface area contributed by atoms with Crippen LogP contribution < -0.4 is 0 Å². The first-order valence-corrected chi connectivity index (χ1v) is 8.99. The lowest BCUT2D eigenvalue weighted by molar-refractivity contribution is 0.00870. The Labute approximate surface area is 135 Å². The van der Waals surface area contributed by atoms with Gasteiger partial charge in [-0.05, 0) is 85.0 Å². The molecular formula is C17H24INO. The van der Waals surface area contributed by atoms with Crippen molar-refractivity contribution < 1.29 is 5.11 Å². The molecule has 1 saturated carbocycles. The third-order valence-electron chi connectivity index (χ3n) is 5.01. The Morgan fingerprint density at radius 2 is 1.80 bits per heavy atom. The number of aliphatic hydroxyl groups is 1. The van der Waals surface area contributed by atoms with Gasteiger partial charge in [0.15, 0.2) is 0 Å². The number of rotatable bonds is 2. The van der Waals surface area contributed by atoms with Crippen molar-refractivity contribution in [1.82, 2.24) is 4.90 Å². The van der Waals surface area contributed by atoms with Gasteiger partial charge in [0.1, 0.15) is 0 Å². The SMILES string of the molecule is O[C@H]1CCCC[C@@H]1N1CCC(c2cccc(I)c2)CC1. The summed E-state index contributed by atoms with van der Waals surface area (Å²) in [7, 11) is 0. The minimum Gasteiger partial charge on any atom is -0.391 e. The molecule has 2 fully saturated rings. The lowest BCUT2D eigenvalue weighted by Gasteiger charge is -2.41. The van der Waals surface area contributed by atoms with Gasteiger partial charge in [-0.2, -0.15) is 0 Å². The highest BCUT2D eigenvalue weighted by molar-refractivity contribution is 14.1. The van der Waals surface area contributed by atoms with Crippen LogP contribution in [0.2, 0.25) is 0 Å². The molecule has 1 aliphatic carbocycles. The maximum atomic E-state index is 10.2. The minimum absolute atomic E-state index is 0.0852. The van der Waals surface area contributed by atoms with Gasteiger partial charge in [0.25, 0.3) is 0 Å². The van der Waals surface area contributed by atoms with Crippen molar-refractivity contribution in [2.24, 2.45) is 0 Å². The Bertz CT molecular complexity index is 442. The molecule has 1 saturated heterocycles. The van der Waals surface area contributed by atoms with Gasteiger partial charge >= 0.3 is 0 Å². The molecule has 0 aromatic heterocycles. The van der Waals surface area contributed by atoms with Crippen molar-refractivity contribution >= 4 is 22.6 Å². The summed E-state index contributed by atoms with van der Waals surface area (Å²) in [6, 6.07) is 9.38. The number of hydrogen-bond donors (Lipinski definition) is 1. The molecule has 1 heterocycles. The van der Waals surface area contributed by atoms with Gasteiger partial charge in [-0.1, -0.05) is 25.0 Å². The average Bonchev–Trinajstić information content (AvgIpc) is 2.48. The molecule has 0 unspecified atom stereocenters. The summed E-state index contributed by atoms with van der Waals surface area (Å²) < 4.78 is 1.34. The smallest absolute Gasteiger partial charge is 0.0695 e. The monoisotopic (exact) mass is 385 g/mol. The van der Waals surface area contributed by atoms with Gasteiger partial charge in [0, 0.05) is 9.61 Å². The largest absolute Gasteiger partial charge is 0.391 e. The summed E-state index contributed by atoms with van der Waals surface area (Å²) in [6.07, 6.45) is 7.08. The molecule has 1 aromatic rings. The van der Waals surface area contributed by atoms with E-state index < -0.39 is 0 Å². The zero-order chi connectivity index (χ0) is 13.9. The molecule has 2 atom stereocenters. The van der Waals surface area contributed by atoms with Crippen LogP contribution in [-0.2, 0) is 0 Å². The number of aliphatic hydroxyl groups excluding tert-OH is 1. The summed E-state index contributed by atoms with van der Waals surface area (Å²) in [5.74, 6) is 0.710. The highest BCUT2D eigenvalue weighted by Gasteiger charge is 2.31. The fraction of sp³-hybridized carbons (Fsp3) is 0.647. The number of halogens is 1. The summed E-state index contributed by atoms with van der Waals surface area (Å²) in [4.78, 5) is 2.55. The van der Waals surface area contributed by atoms with Crippen LogP contribution in [0.5, 0.6) is 0 Å². The van der Waals surface area contributed by atoms with Crippen LogP contribution in [0.3, 0.4) is 0 Å². The van der Waals surface area contributed by atoms with Crippen molar-refractivity contribution in [3.63, 3.8) is 0 Å². The molecule has 3 heteroatoms. The van der Waals surface area contributed by atoms with E-state index in [2.05, 4.69) is 51.8 Å². The molecule has 1 aromatic carbocycles. The number of benzene rings is 1. The summed E-state index contributed by atoms with van der Waals surface area (Å²) in [6.45, 7) is 2.30. The molecule has 1 aliphatic heterocycles. The highest BCUT2D eigenvalue weighted by Crippen LogP contribution is 2.32. The second kappa shape index (κ2) is 6.75. The second-order valence-electron chi connectivity index (χ2n) is 6.28. The molecule has 0 radical (unpaired) electrons. The molecule has 20 heavy (non-hydrogen) atoms. The van der Waals surface area contributed by atoms with E-state index in [1.807, 2.05) is 0 Å². The fourth-order valence-electron chi connectivity index (χ4n) is 3.84. The lowest BCUT2D eigenvalue weighted by Crippen LogP contribution is -2.48. The third kappa shape index (κ3) is 3.37. The van der Waals surface area contributed by atoms with Gasteiger partial charge in [-0.3, -0.25) is 4.90 Å². The molecule has 0 bridgehead atoms. The number of hydrogen-bond acceptors (Lipinski definition) is 2. The van der Waals surface area contributed by atoms with E-state index in [0.717, 1.165) is 19.5 Å². The Kier molecular flexibility index (Phi) is 5.00. The predicted molar refractivity (Wildman–Crippen MR) is 91.0 cm³/mol. The van der Waals surface area contributed by atoms with Gasteiger partial charge in [-0.25, -0.2) is 0 Å². The van der Waals surface area contributed by atoms with Crippen LogP contribution in [0, 0.1) is 3.57 Å². The minimum atomic E-state index is -0.0852. The zero-order valence-corrected chi connectivity index (χ0v) is 14.1. The van der Waals surface area contributed by atoms with E-state index >= 15 is 0 Å². The first-order valence-electron chi connectivity index (χ1n) is 7.91. The van der Waals surface area contributed by atoms with Gasteiger partial charge in [0.2, 0.25) is 0 Å². The lowest BCUT2D eigenvalue weighted by atomic mass is 9.86. The Morgan fingerprint density at radius 1 is 1.05 bits per heavy atom. The van der Waals surface area contributed by atoms with Crippen molar-refractivity contribution in [3.8, 4) is 0 Å². The fourth-order valence-corrected chi connectivity index (χ4v) is 4.41. The summed E-state index contributed by atoms with van der Waals surface area (Å²) >= 11 is 2.40. The van der Waals surface area contributed by atoms with Gasteiger partial charge < -0.3 is 5.11 Å². The molecule has 2 aliphatic rings. The molecular weight excluding hydrogens is 361 g/mol. The van der Waals surface area contributed by atoms with Crippen LogP contribution in [0.25, 0.3) is 0 Å². The van der Waals surface area contributed by atoms with Crippen molar-refractivity contribution in [2.45, 2.75) is 56.6 Å². The van der Waals surface area contributed by atoms with Crippen LogP contribution in [0.4, 0.5) is 0 Å². The zero-order valence-electron chi connectivity index (χ0n) is 12.0. The Hall–Kier alpha value is -0.130. The van der Waals surface area contributed by atoms with Gasteiger partial charge in [-0.15, -0.1) is 0 Å². The maximum Gasteiger partial charge on any atom is 0.0695 e. The highest BCUT2D eigenvalue weighted by atomic mass is 127. The normalized spacial score (nSPS) is 29.5. The summed E-state index contributed by atoms with van der Waals surface area (Å²) in [5.41, 5.74) is 1.50. The van der Waals surface area contributed by atoms with E-state index in [9.17, 15) is 5.11 Å². The topological polar surface area (TPSA) is 23.5 Å². The van der Waals surface area contributed by atoms with E-state index in [-0.39, 0.29) is 6.10 Å². The van der Waals surface area contributed by atoms with Crippen LogP contribution in [-0.4, -0.2) is 35.2 Å². The summed E-state index contributed by atoms with van der Waals surface area (Å²) in [5, 5.41) is 10.2. The molecule has 3 rings (SSSR count). The number of nitrogens with zero attached hydrogens (tertiary/aromatic N) is 1. The van der Waals surface area contributed by atoms with Crippen molar-refractivity contribution in [2.75, 3.05) is 13.1 Å². The van der Waals surface area contributed by atoms with Crippen molar-refractivity contribution in [3.05, 3.63) is 33.4 Å². The van der Waals surface area contributed by atoms with E-state index in [1.54, 1.807) is 0 Å². The van der Waals surface area contributed by atoms with Gasteiger partial charge in [0.05, 0.1) is 6.10 Å². The third-order valence-corrected chi connectivity index (χ3v) is 5.68. The first kappa shape index (κ1) is 14.8. The average molecular weight is 385 g/mol. The van der Waals surface area contributed by atoms with Crippen LogP contribution in [0.15, 0.2) is 24.3 Å². The second-order valence-corrected chi connectivity index (χ2v) is 7.53.